The largest absolute Gasteiger partial charge is 0.481 e. The fourth-order valence-corrected chi connectivity index (χ4v) is 2.79. The lowest BCUT2D eigenvalue weighted by molar-refractivity contribution is -0.141. The van der Waals surface area contributed by atoms with Gasteiger partial charge < -0.3 is 15.0 Å². The summed E-state index contributed by atoms with van der Waals surface area (Å²) in [7, 11) is 0. The van der Waals surface area contributed by atoms with Gasteiger partial charge in [-0.25, -0.2) is 0 Å². The third kappa shape index (κ3) is 6.88. The van der Waals surface area contributed by atoms with Gasteiger partial charge in [-0.15, -0.1) is 0 Å². The molecule has 0 aliphatic rings. The Morgan fingerprint density at radius 1 is 1.15 bits per heavy atom. The van der Waals surface area contributed by atoms with Crippen LogP contribution in [0, 0.1) is 0 Å². The standard InChI is InChI=1S/C20H22BrClN2O3/c1-3-24(13-19(25)23-12-15-4-8-17(22)9-5-15)20(26)14(2)27-18-10-6-16(21)7-11-18/h4-11,14H,3,12-13H2,1-2H3,(H,23,25). The summed E-state index contributed by atoms with van der Waals surface area (Å²) in [6.45, 7) is 4.29. The highest BCUT2D eigenvalue weighted by molar-refractivity contribution is 9.10. The van der Waals surface area contributed by atoms with E-state index in [2.05, 4.69) is 21.2 Å². The average molecular weight is 454 g/mol. The van der Waals surface area contributed by atoms with E-state index in [1.54, 1.807) is 31.2 Å². The van der Waals surface area contributed by atoms with E-state index in [9.17, 15) is 9.59 Å². The highest BCUT2D eigenvalue weighted by Crippen LogP contribution is 2.18. The van der Waals surface area contributed by atoms with Crippen LogP contribution < -0.4 is 10.1 Å². The topological polar surface area (TPSA) is 58.6 Å². The number of amides is 2. The van der Waals surface area contributed by atoms with Crippen molar-refractivity contribution in [3.05, 3.63) is 63.6 Å². The van der Waals surface area contributed by atoms with Crippen molar-refractivity contribution in [3.63, 3.8) is 0 Å². The smallest absolute Gasteiger partial charge is 0.263 e. The van der Waals surface area contributed by atoms with Crippen LogP contribution in [0.1, 0.15) is 19.4 Å². The quantitative estimate of drug-likeness (QED) is 0.656. The highest BCUT2D eigenvalue weighted by Gasteiger charge is 2.22. The molecule has 1 unspecified atom stereocenters. The molecule has 2 amide bonds. The average Bonchev–Trinajstić information content (AvgIpc) is 2.66. The molecule has 0 radical (unpaired) electrons. The Morgan fingerprint density at radius 2 is 1.78 bits per heavy atom. The zero-order valence-electron chi connectivity index (χ0n) is 15.2. The lowest BCUT2D eigenvalue weighted by Gasteiger charge is -2.24. The van der Waals surface area contributed by atoms with E-state index in [1.807, 2.05) is 31.2 Å². The summed E-state index contributed by atoms with van der Waals surface area (Å²) in [5, 5.41) is 3.46. The molecule has 0 heterocycles. The lowest BCUT2D eigenvalue weighted by atomic mass is 10.2. The van der Waals surface area contributed by atoms with Crippen molar-refractivity contribution < 1.29 is 14.3 Å². The first-order chi connectivity index (χ1) is 12.9. The predicted molar refractivity (Wildman–Crippen MR) is 110 cm³/mol. The van der Waals surface area contributed by atoms with E-state index in [0.717, 1.165) is 10.0 Å². The Labute approximate surface area is 172 Å². The van der Waals surface area contributed by atoms with Gasteiger partial charge in [0.1, 0.15) is 5.75 Å². The molecule has 2 aromatic carbocycles. The van der Waals surface area contributed by atoms with Crippen LogP contribution >= 0.6 is 27.5 Å². The summed E-state index contributed by atoms with van der Waals surface area (Å²) < 4.78 is 6.61. The molecule has 27 heavy (non-hydrogen) atoms. The summed E-state index contributed by atoms with van der Waals surface area (Å²) in [5.41, 5.74) is 0.939. The first-order valence-corrected chi connectivity index (χ1v) is 9.78. The second-order valence-corrected chi connectivity index (χ2v) is 7.32. The van der Waals surface area contributed by atoms with Gasteiger partial charge in [0.05, 0.1) is 6.54 Å². The Morgan fingerprint density at radius 3 is 2.37 bits per heavy atom. The number of hydrogen-bond donors (Lipinski definition) is 1. The fourth-order valence-electron chi connectivity index (χ4n) is 2.40. The summed E-state index contributed by atoms with van der Waals surface area (Å²) in [4.78, 5) is 26.3. The molecule has 0 aliphatic heterocycles. The van der Waals surface area contributed by atoms with Gasteiger partial charge in [-0.3, -0.25) is 9.59 Å². The van der Waals surface area contributed by atoms with E-state index >= 15 is 0 Å². The molecular weight excluding hydrogens is 432 g/mol. The second kappa shape index (κ2) is 10.3. The van der Waals surface area contributed by atoms with Gasteiger partial charge in [-0.05, 0) is 55.8 Å². The first-order valence-electron chi connectivity index (χ1n) is 8.61. The molecule has 0 bridgehead atoms. The Balaban J connectivity index is 1.86. The van der Waals surface area contributed by atoms with Crippen molar-refractivity contribution in [2.75, 3.05) is 13.1 Å². The molecule has 0 saturated heterocycles. The fraction of sp³-hybridized carbons (Fsp3) is 0.300. The molecule has 144 valence electrons. The normalized spacial score (nSPS) is 11.6. The van der Waals surface area contributed by atoms with Crippen LogP contribution in [0.15, 0.2) is 53.0 Å². The number of carbonyl (C=O) groups is 2. The van der Waals surface area contributed by atoms with Crippen LogP contribution in [0.25, 0.3) is 0 Å². The molecule has 0 fully saturated rings. The van der Waals surface area contributed by atoms with Crippen molar-refractivity contribution in [2.45, 2.75) is 26.5 Å². The molecule has 0 aliphatic carbocycles. The number of nitrogens with one attached hydrogen (secondary N) is 1. The molecule has 5 nitrogen and oxygen atoms in total. The van der Waals surface area contributed by atoms with Crippen molar-refractivity contribution in [1.82, 2.24) is 10.2 Å². The van der Waals surface area contributed by atoms with E-state index < -0.39 is 6.10 Å². The Hall–Kier alpha value is -2.05. The summed E-state index contributed by atoms with van der Waals surface area (Å²) in [6, 6.07) is 14.5. The number of rotatable bonds is 8. The van der Waals surface area contributed by atoms with Gasteiger partial charge in [0.25, 0.3) is 5.91 Å². The Kier molecular flexibility index (Phi) is 8.13. The van der Waals surface area contributed by atoms with Crippen LogP contribution in [-0.4, -0.2) is 35.9 Å². The molecule has 1 N–H and O–H groups in total. The monoisotopic (exact) mass is 452 g/mol. The SMILES string of the molecule is CCN(CC(=O)NCc1ccc(Cl)cc1)C(=O)C(C)Oc1ccc(Br)cc1. The molecule has 2 aromatic rings. The van der Waals surface area contributed by atoms with Gasteiger partial charge in [0, 0.05) is 22.6 Å². The van der Waals surface area contributed by atoms with E-state index in [-0.39, 0.29) is 18.4 Å². The van der Waals surface area contributed by atoms with Crippen LogP contribution in [0.4, 0.5) is 0 Å². The van der Waals surface area contributed by atoms with Crippen LogP contribution in [0.5, 0.6) is 5.75 Å². The van der Waals surface area contributed by atoms with Crippen LogP contribution in [0.3, 0.4) is 0 Å². The third-order valence-electron chi connectivity index (χ3n) is 3.91. The van der Waals surface area contributed by atoms with Crippen molar-refractivity contribution in [3.8, 4) is 5.75 Å². The number of nitrogens with zero attached hydrogens (tertiary/aromatic N) is 1. The van der Waals surface area contributed by atoms with Crippen molar-refractivity contribution in [2.24, 2.45) is 0 Å². The summed E-state index contributed by atoms with van der Waals surface area (Å²) in [5.74, 6) is 0.139. The molecule has 2 rings (SSSR count). The van der Waals surface area contributed by atoms with E-state index in [1.165, 1.54) is 4.90 Å². The maximum atomic E-state index is 12.6. The molecular formula is C20H22BrClN2O3. The number of benzene rings is 2. The number of halogens is 2. The van der Waals surface area contributed by atoms with Gasteiger partial charge in [0.2, 0.25) is 5.91 Å². The van der Waals surface area contributed by atoms with Crippen LogP contribution in [-0.2, 0) is 16.1 Å². The molecule has 0 spiro atoms. The van der Waals surface area contributed by atoms with Gasteiger partial charge in [-0.1, -0.05) is 39.7 Å². The molecule has 0 saturated carbocycles. The lowest BCUT2D eigenvalue weighted by Crippen LogP contribution is -2.45. The number of likely N-dealkylation sites (N-methyl/N-ethyl adjacent to an activating group) is 1. The minimum Gasteiger partial charge on any atom is -0.481 e. The van der Waals surface area contributed by atoms with Gasteiger partial charge in [-0.2, -0.15) is 0 Å². The maximum absolute atomic E-state index is 12.6. The molecule has 7 heteroatoms. The zero-order chi connectivity index (χ0) is 19.8. The predicted octanol–water partition coefficient (Wildman–Crippen LogP) is 4.03. The van der Waals surface area contributed by atoms with Gasteiger partial charge >= 0.3 is 0 Å². The number of ether oxygens (including phenoxy) is 1. The minimum atomic E-state index is -0.685. The third-order valence-corrected chi connectivity index (χ3v) is 4.69. The van der Waals surface area contributed by atoms with E-state index in [4.69, 9.17) is 16.3 Å². The minimum absolute atomic E-state index is 0.0169. The van der Waals surface area contributed by atoms with Crippen molar-refractivity contribution >= 4 is 39.3 Å². The first kappa shape index (κ1) is 21.3. The maximum Gasteiger partial charge on any atom is 0.263 e. The second-order valence-electron chi connectivity index (χ2n) is 5.97. The van der Waals surface area contributed by atoms with E-state index in [0.29, 0.717) is 23.9 Å². The Bertz CT molecular complexity index is 766. The summed E-state index contributed by atoms with van der Waals surface area (Å²) >= 11 is 9.20. The summed E-state index contributed by atoms with van der Waals surface area (Å²) in [6.07, 6.45) is -0.685. The number of carbonyl (C=O) groups excluding carboxylic acids is 2. The number of hydrogen-bond acceptors (Lipinski definition) is 3. The van der Waals surface area contributed by atoms with Gasteiger partial charge in [0.15, 0.2) is 6.10 Å². The van der Waals surface area contributed by atoms with Crippen LogP contribution in [0.2, 0.25) is 5.02 Å². The molecule has 0 aromatic heterocycles. The van der Waals surface area contributed by atoms with Crippen molar-refractivity contribution in [1.29, 1.82) is 0 Å². The zero-order valence-corrected chi connectivity index (χ0v) is 17.6. The highest BCUT2D eigenvalue weighted by atomic mass is 79.9. The molecule has 1 atom stereocenters.